The molecular formula is C17H19NO5S2. The molecule has 0 bridgehead atoms. The Bertz CT molecular complexity index is 843. The Kier molecular flexibility index (Phi) is 6.33. The number of carbonyl (C=O) groups is 2. The topological polar surface area (TPSA) is 101 Å². The highest BCUT2D eigenvalue weighted by molar-refractivity contribution is 7.93. The predicted octanol–water partition coefficient (Wildman–Crippen LogP) is 2.81. The lowest BCUT2D eigenvalue weighted by atomic mass is 10.0. The van der Waals surface area contributed by atoms with Gasteiger partial charge in [0.15, 0.2) is 0 Å². The van der Waals surface area contributed by atoms with E-state index in [1.165, 1.54) is 24.3 Å². The van der Waals surface area contributed by atoms with E-state index in [1.54, 1.807) is 18.2 Å². The van der Waals surface area contributed by atoms with E-state index in [2.05, 4.69) is 5.32 Å². The number of amides is 1. The highest BCUT2D eigenvalue weighted by atomic mass is 32.2. The van der Waals surface area contributed by atoms with Crippen LogP contribution in [0.15, 0.2) is 51.6 Å². The van der Waals surface area contributed by atoms with Gasteiger partial charge in [-0.25, -0.2) is 8.42 Å². The fourth-order valence-electron chi connectivity index (χ4n) is 2.27. The smallest absolute Gasteiger partial charge is 0.308 e. The van der Waals surface area contributed by atoms with Crippen molar-refractivity contribution in [2.45, 2.75) is 28.9 Å². The molecule has 0 aliphatic heterocycles. The molecule has 1 aromatic heterocycles. The van der Waals surface area contributed by atoms with Crippen LogP contribution in [-0.2, 0) is 14.6 Å². The normalized spacial score (nSPS) is 12.5. The van der Waals surface area contributed by atoms with Crippen molar-refractivity contribution in [1.82, 2.24) is 5.32 Å². The Labute approximate surface area is 150 Å². The lowest BCUT2D eigenvalue weighted by molar-refractivity contribution is -0.141. The Hall–Kier alpha value is -2.19. The summed E-state index contributed by atoms with van der Waals surface area (Å²) < 4.78 is 25.1. The van der Waals surface area contributed by atoms with Gasteiger partial charge in [-0.2, -0.15) is 0 Å². The zero-order chi connectivity index (χ0) is 18.4. The van der Waals surface area contributed by atoms with Crippen LogP contribution in [0.25, 0.3) is 0 Å². The van der Waals surface area contributed by atoms with Gasteiger partial charge >= 0.3 is 5.97 Å². The molecule has 0 saturated carbocycles. The van der Waals surface area contributed by atoms with Gasteiger partial charge in [0.1, 0.15) is 4.21 Å². The predicted molar refractivity (Wildman–Crippen MR) is 94.6 cm³/mol. The second kappa shape index (κ2) is 8.26. The van der Waals surface area contributed by atoms with E-state index in [1.807, 2.05) is 6.92 Å². The zero-order valence-electron chi connectivity index (χ0n) is 13.6. The first kappa shape index (κ1) is 19.1. The van der Waals surface area contributed by atoms with Crippen molar-refractivity contribution in [3.63, 3.8) is 0 Å². The van der Waals surface area contributed by atoms with Crippen LogP contribution < -0.4 is 5.32 Å². The van der Waals surface area contributed by atoms with Gasteiger partial charge in [-0.1, -0.05) is 31.5 Å². The lowest BCUT2D eigenvalue weighted by Gasteiger charge is -2.11. The number of nitrogens with one attached hydrogen (secondary N) is 1. The molecule has 2 aromatic rings. The fourth-order valence-corrected chi connectivity index (χ4v) is 4.91. The Morgan fingerprint density at radius 2 is 1.84 bits per heavy atom. The summed E-state index contributed by atoms with van der Waals surface area (Å²) in [6.07, 6.45) is 1.17. The van der Waals surface area contributed by atoms with E-state index >= 15 is 0 Å². The molecule has 0 radical (unpaired) electrons. The summed E-state index contributed by atoms with van der Waals surface area (Å²) in [7, 11) is -3.66. The molecule has 1 aromatic carbocycles. The average Bonchev–Trinajstić information content (AvgIpc) is 3.10. The van der Waals surface area contributed by atoms with E-state index in [0.717, 1.165) is 11.3 Å². The first-order chi connectivity index (χ1) is 11.9. The highest BCUT2D eigenvalue weighted by Crippen LogP contribution is 2.27. The van der Waals surface area contributed by atoms with Crippen LogP contribution in [0.5, 0.6) is 0 Å². The minimum atomic E-state index is -3.66. The van der Waals surface area contributed by atoms with E-state index in [-0.39, 0.29) is 20.5 Å². The number of hydrogen-bond donors (Lipinski definition) is 2. The molecule has 1 unspecified atom stereocenters. The molecule has 2 rings (SSSR count). The van der Waals surface area contributed by atoms with Gasteiger partial charge in [0, 0.05) is 6.54 Å². The Morgan fingerprint density at radius 1 is 1.16 bits per heavy atom. The van der Waals surface area contributed by atoms with Gasteiger partial charge in [0.2, 0.25) is 9.84 Å². The maximum absolute atomic E-state index is 12.5. The van der Waals surface area contributed by atoms with Crippen molar-refractivity contribution < 1.29 is 23.1 Å². The minimum Gasteiger partial charge on any atom is -0.481 e. The standard InChI is InChI=1S/C17H19NO5S2/c1-2-6-12(17(20)21)11-18-16(19)14-9-10-15(24-14)25(22,23)13-7-4-3-5-8-13/h3-5,7-10,12H,2,6,11H2,1H3,(H,18,19)(H,20,21). The van der Waals surface area contributed by atoms with Crippen molar-refractivity contribution >= 4 is 33.1 Å². The number of aliphatic carboxylic acids is 1. The van der Waals surface area contributed by atoms with Crippen molar-refractivity contribution in [3.05, 3.63) is 47.3 Å². The summed E-state index contributed by atoms with van der Waals surface area (Å²) in [5, 5.41) is 11.7. The molecule has 0 saturated heterocycles. The molecule has 1 heterocycles. The molecular weight excluding hydrogens is 362 g/mol. The van der Waals surface area contributed by atoms with Crippen LogP contribution in [0.3, 0.4) is 0 Å². The third-order valence-corrected chi connectivity index (χ3v) is 6.96. The minimum absolute atomic E-state index is 0.0146. The van der Waals surface area contributed by atoms with Crippen molar-refractivity contribution in [1.29, 1.82) is 0 Å². The molecule has 6 nitrogen and oxygen atoms in total. The highest BCUT2D eigenvalue weighted by Gasteiger charge is 2.22. The number of carbonyl (C=O) groups excluding carboxylic acids is 1. The molecule has 1 atom stereocenters. The first-order valence-corrected chi connectivity index (χ1v) is 10.1. The number of benzene rings is 1. The summed E-state index contributed by atoms with van der Waals surface area (Å²) in [6, 6.07) is 10.8. The van der Waals surface area contributed by atoms with Gasteiger partial charge in [-0.3, -0.25) is 9.59 Å². The molecule has 0 aliphatic carbocycles. The summed E-state index contributed by atoms with van der Waals surface area (Å²) >= 11 is 0.869. The molecule has 1 amide bonds. The molecule has 0 fully saturated rings. The lowest BCUT2D eigenvalue weighted by Crippen LogP contribution is -2.32. The van der Waals surface area contributed by atoms with Crippen molar-refractivity contribution in [2.75, 3.05) is 6.54 Å². The molecule has 0 aliphatic rings. The number of sulfone groups is 1. The van der Waals surface area contributed by atoms with Gasteiger partial charge in [-0.15, -0.1) is 11.3 Å². The van der Waals surface area contributed by atoms with Gasteiger partial charge in [0.25, 0.3) is 5.91 Å². The Morgan fingerprint density at radius 3 is 2.44 bits per heavy atom. The maximum atomic E-state index is 12.5. The summed E-state index contributed by atoms with van der Waals surface area (Å²) in [4.78, 5) is 23.7. The zero-order valence-corrected chi connectivity index (χ0v) is 15.3. The first-order valence-electron chi connectivity index (χ1n) is 7.77. The van der Waals surface area contributed by atoms with E-state index in [4.69, 9.17) is 5.11 Å². The van der Waals surface area contributed by atoms with Gasteiger partial charge in [0.05, 0.1) is 15.7 Å². The molecule has 8 heteroatoms. The summed E-state index contributed by atoms with van der Waals surface area (Å²) in [5.41, 5.74) is 0. The maximum Gasteiger partial charge on any atom is 0.308 e. The molecule has 2 N–H and O–H groups in total. The molecule has 134 valence electrons. The van der Waals surface area contributed by atoms with Crippen LogP contribution in [0.2, 0.25) is 0 Å². The fraction of sp³-hybridized carbons (Fsp3) is 0.294. The second-order valence-electron chi connectivity index (χ2n) is 5.47. The third-order valence-electron chi connectivity index (χ3n) is 3.62. The van der Waals surface area contributed by atoms with E-state index in [9.17, 15) is 18.0 Å². The van der Waals surface area contributed by atoms with Crippen LogP contribution in [0.1, 0.15) is 29.4 Å². The number of hydrogen-bond acceptors (Lipinski definition) is 5. The number of thiophene rings is 1. The van der Waals surface area contributed by atoms with Gasteiger partial charge < -0.3 is 10.4 Å². The average molecular weight is 381 g/mol. The quantitative estimate of drug-likeness (QED) is 0.732. The van der Waals surface area contributed by atoms with Crippen LogP contribution in [0.4, 0.5) is 0 Å². The van der Waals surface area contributed by atoms with E-state index in [0.29, 0.717) is 12.8 Å². The third kappa shape index (κ3) is 4.67. The van der Waals surface area contributed by atoms with Gasteiger partial charge in [-0.05, 0) is 30.7 Å². The monoisotopic (exact) mass is 381 g/mol. The van der Waals surface area contributed by atoms with Crippen LogP contribution in [0, 0.1) is 5.92 Å². The molecule has 25 heavy (non-hydrogen) atoms. The van der Waals surface area contributed by atoms with E-state index < -0.39 is 27.6 Å². The van der Waals surface area contributed by atoms with Crippen LogP contribution in [-0.4, -0.2) is 31.9 Å². The summed E-state index contributed by atoms with van der Waals surface area (Å²) in [5.74, 6) is -2.08. The van der Waals surface area contributed by atoms with Crippen LogP contribution >= 0.6 is 11.3 Å². The number of rotatable bonds is 8. The SMILES string of the molecule is CCCC(CNC(=O)c1ccc(S(=O)(=O)c2ccccc2)s1)C(=O)O. The number of carboxylic acids is 1. The molecule has 0 spiro atoms. The summed E-state index contributed by atoms with van der Waals surface area (Å²) in [6.45, 7) is 1.89. The second-order valence-corrected chi connectivity index (χ2v) is 8.73. The Balaban J connectivity index is 2.10. The largest absolute Gasteiger partial charge is 0.481 e. The number of carboxylic acid groups (broad SMARTS) is 1. The van der Waals surface area contributed by atoms with Crippen molar-refractivity contribution in [2.24, 2.45) is 5.92 Å². The van der Waals surface area contributed by atoms with Crippen molar-refractivity contribution in [3.8, 4) is 0 Å².